The van der Waals surface area contributed by atoms with Gasteiger partial charge in [-0.3, -0.25) is 4.98 Å². The van der Waals surface area contributed by atoms with Crippen LogP contribution < -0.4 is 0 Å². The van der Waals surface area contributed by atoms with Crippen LogP contribution in [0.4, 0.5) is 0 Å². The lowest BCUT2D eigenvalue weighted by Crippen LogP contribution is -1.97. The molecule has 1 aliphatic rings. The number of thioether (sulfide) groups is 1. The summed E-state index contributed by atoms with van der Waals surface area (Å²) in [5.74, 6) is 0.784. The van der Waals surface area contributed by atoms with Crippen molar-refractivity contribution in [3.63, 3.8) is 0 Å². The van der Waals surface area contributed by atoms with Gasteiger partial charge in [0.05, 0.1) is 11.4 Å². The van der Waals surface area contributed by atoms with Crippen molar-refractivity contribution < 1.29 is 0 Å². The number of nitrogens with one attached hydrogen (secondary N) is 1. The fourth-order valence-corrected chi connectivity index (χ4v) is 1.88. The molecule has 0 aliphatic carbocycles. The highest BCUT2D eigenvalue weighted by atomic mass is 32.2. The van der Waals surface area contributed by atoms with Crippen LogP contribution in [0.3, 0.4) is 0 Å². The van der Waals surface area contributed by atoms with E-state index < -0.39 is 0 Å². The minimum absolute atomic E-state index is 0.653. The lowest BCUT2D eigenvalue weighted by molar-refractivity contribution is 1.20. The number of hydrogen-bond acceptors (Lipinski definition) is 3. The molecule has 0 amide bonds. The second-order valence-electron chi connectivity index (χ2n) is 2.12. The Bertz CT molecular complexity index is 283. The zero-order valence-corrected chi connectivity index (χ0v) is 6.11. The summed E-state index contributed by atoms with van der Waals surface area (Å²) < 4.78 is 0. The minimum atomic E-state index is 0.653. The van der Waals surface area contributed by atoms with E-state index in [4.69, 9.17) is 5.41 Å². The van der Waals surface area contributed by atoms with E-state index in [2.05, 4.69) is 4.98 Å². The van der Waals surface area contributed by atoms with Crippen LogP contribution in [0.25, 0.3) is 0 Å². The summed E-state index contributed by atoms with van der Waals surface area (Å²) in [5, 5.41) is 7.45. The Morgan fingerprint density at radius 2 is 2.50 bits per heavy atom. The molecule has 0 bridgehead atoms. The molecule has 2 nitrogen and oxygen atoms in total. The molecule has 1 N–H and O–H groups in total. The van der Waals surface area contributed by atoms with E-state index in [1.54, 1.807) is 18.0 Å². The molecule has 1 aromatic rings. The van der Waals surface area contributed by atoms with Crippen molar-refractivity contribution in [1.82, 2.24) is 4.98 Å². The Balaban J connectivity index is 2.61. The maximum absolute atomic E-state index is 7.45. The maximum Gasteiger partial charge on any atom is 0.0981 e. The van der Waals surface area contributed by atoms with Gasteiger partial charge >= 0.3 is 0 Å². The average Bonchev–Trinajstić information content (AvgIpc) is 2.34. The molecule has 10 heavy (non-hydrogen) atoms. The topological polar surface area (TPSA) is 36.7 Å². The molecule has 0 atom stereocenters. The number of nitrogens with zero attached hydrogens (tertiary/aromatic N) is 1. The number of pyridine rings is 1. The monoisotopic (exact) mass is 150 g/mol. The van der Waals surface area contributed by atoms with E-state index in [0.717, 1.165) is 16.3 Å². The number of aromatic nitrogens is 1. The molecule has 0 radical (unpaired) electrons. The van der Waals surface area contributed by atoms with Crippen molar-refractivity contribution in [2.24, 2.45) is 0 Å². The molecule has 0 saturated heterocycles. The van der Waals surface area contributed by atoms with Crippen molar-refractivity contribution in [3.05, 3.63) is 24.0 Å². The van der Waals surface area contributed by atoms with Crippen LogP contribution in [0.15, 0.2) is 23.2 Å². The zero-order valence-electron chi connectivity index (χ0n) is 5.29. The van der Waals surface area contributed by atoms with Gasteiger partial charge in [-0.1, -0.05) is 0 Å². The van der Waals surface area contributed by atoms with E-state index in [1.807, 2.05) is 12.1 Å². The predicted molar refractivity (Wildman–Crippen MR) is 41.8 cm³/mol. The Hall–Kier alpha value is -0.830. The summed E-state index contributed by atoms with van der Waals surface area (Å²) in [6, 6.07) is 3.92. The van der Waals surface area contributed by atoms with Crippen molar-refractivity contribution in [1.29, 1.82) is 5.41 Å². The SMILES string of the molecule is N=C1CSc2cccnc21. The predicted octanol–water partition coefficient (Wildman–Crippen LogP) is 1.56. The maximum atomic E-state index is 7.45. The highest BCUT2D eigenvalue weighted by Crippen LogP contribution is 2.28. The largest absolute Gasteiger partial charge is 0.302 e. The van der Waals surface area contributed by atoms with E-state index in [1.165, 1.54) is 0 Å². The molecule has 0 unspecified atom stereocenters. The van der Waals surface area contributed by atoms with Crippen molar-refractivity contribution >= 4 is 17.5 Å². The van der Waals surface area contributed by atoms with Gasteiger partial charge in [0.2, 0.25) is 0 Å². The van der Waals surface area contributed by atoms with E-state index in [9.17, 15) is 0 Å². The molecular formula is C7H6N2S. The van der Waals surface area contributed by atoms with Gasteiger partial charge in [0.15, 0.2) is 0 Å². The summed E-state index contributed by atoms with van der Waals surface area (Å²) in [5.41, 5.74) is 1.52. The average molecular weight is 150 g/mol. The van der Waals surface area contributed by atoms with Crippen LogP contribution in [0.2, 0.25) is 0 Å². The molecule has 2 rings (SSSR count). The van der Waals surface area contributed by atoms with E-state index >= 15 is 0 Å². The second-order valence-corrected chi connectivity index (χ2v) is 3.13. The molecule has 1 aliphatic heterocycles. The number of fused-ring (bicyclic) bond motifs is 1. The first-order valence-corrected chi connectivity index (χ1v) is 4.02. The van der Waals surface area contributed by atoms with Crippen LogP contribution >= 0.6 is 11.8 Å². The number of rotatable bonds is 0. The lowest BCUT2D eigenvalue weighted by Gasteiger charge is -1.91. The van der Waals surface area contributed by atoms with Gasteiger partial charge in [0, 0.05) is 16.8 Å². The third-order valence-electron chi connectivity index (χ3n) is 1.43. The fourth-order valence-electron chi connectivity index (χ4n) is 0.952. The Morgan fingerprint density at radius 1 is 1.60 bits per heavy atom. The quantitative estimate of drug-likeness (QED) is 0.609. The second kappa shape index (κ2) is 2.09. The summed E-state index contributed by atoms with van der Waals surface area (Å²) in [6.45, 7) is 0. The van der Waals surface area contributed by atoms with Crippen LogP contribution in [-0.4, -0.2) is 16.4 Å². The third-order valence-corrected chi connectivity index (χ3v) is 2.50. The van der Waals surface area contributed by atoms with Crippen LogP contribution in [0.1, 0.15) is 5.69 Å². The lowest BCUT2D eigenvalue weighted by atomic mass is 10.3. The smallest absolute Gasteiger partial charge is 0.0981 e. The summed E-state index contributed by atoms with van der Waals surface area (Å²) in [7, 11) is 0. The van der Waals surface area contributed by atoms with Crippen LogP contribution in [0, 0.1) is 5.41 Å². The van der Waals surface area contributed by atoms with Gasteiger partial charge in [-0.2, -0.15) is 0 Å². The van der Waals surface area contributed by atoms with Gasteiger partial charge in [-0.15, -0.1) is 11.8 Å². The van der Waals surface area contributed by atoms with Gasteiger partial charge in [-0.25, -0.2) is 0 Å². The molecule has 3 heteroatoms. The van der Waals surface area contributed by atoms with Gasteiger partial charge < -0.3 is 5.41 Å². The minimum Gasteiger partial charge on any atom is -0.302 e. The molecule has 0 aromatic carbocycles. The molecule has 0 fully saturated rings. The van der Waals surface area contributed by atoms with Crippen LogP contribution in [-0.2, 0) is 0 Å². The number of hydrogen-bond donors (Lipinski definition) is 1. The molecule has 1 aromatic heterocycles. The van der Waals surface area contributed by atoms with E-state index in [0.29, 0.717) is 5.71 Å². The van der Waals surface area contributed by atoms with Gasteiger partial charge in [0.25, 0.3) is 0 Å². The van der Waals surface area contributed by atoms with Crippen molar-refractivity contribution in [3.8, 4) is 0 Å². The first kappa shape index (κ1) is 5.92. The van der Waals surface area contributed by atoms with Gasteiger partial charge in [-0.05, 0) is 12.1 Å². The summed E-state index contributed by atoms with van der Waals surface area (Å²) >= 11 is 1.69. The molecule has 0 saturated carbocycles. The Kier molecular flexibility index (Phi) is 1.24. The first-order chi connectivity index (χ1) is 4.88. The standard InChI is InChI=1S/C7H6N2S/c8-5-4-10-6-2-1-3-9-7(5)6/h1-3,8H,4H2. The molecule has 2 heterocycles. The van der Waals surface area contributed by atoms with E-state index in [-0.39, 0.29) is 0 Å². The van der Waals surface area contributed by atoms with Crippen molar-refractivity contribution in [2.75, 3.05) is 5.75 Å². The van der Waals surface area contributed by atoms with Gasteiger partial charge in [0.1, 0.15) is 0 Å². The van der Waals surface area contributed by atoms with Crippen molar-refractivity contribution in [2.45, 2.75) is 4.90 Å². The Morgan fingerprint density at radius 3 is 3.30 bits per heavy atom. The molecule has 0 spiro atoms. The third kappa shape index (κ3) is 0.743. The highest BCUT2D eigenvalue weighted by Gasteiger charge is 2.16. The first-order valence-electron chi connectivity index (χ1n) is 3.03. The van der Waals surface area contributed by atoms with Crippen LogP contribution in [0.5, 0.6) is 0 Å². The molecular weight excluding hydrogens is 144 g/mol. The summed E-state index contributed by atoms with van der Waals surface area (Å²) in [6.07, 6.45) is 1.74. The highest BCUT2D eigenvalue weighted by molar-refractivity contribution is 8.00. The fraction of sp³-hybridized carbons (Fsp3) is 0.143. The zero-order chi connectivity index (χ0) is 6.97. The Labute approximate surface area is 63.2 Å². The normalized spacial score (nSPS) is 15.4. The molecule has 50 valence electrons. The summed E-state index contributed by atoms with van der Waals surface area (Å²) in [4.78, 5) is 5.24.